The third-order valence-corrected chi connectivity index (χ3v) is 5.15. The van der Waals surface area contributed by atoms with Gasteiger partial charge in [-0.1, -0.05) is 6.92 Å². The third kappa shape index (κ3) is 2.39. The number of sulfonamides is 1. The van der Waals surface area contributed by atoms with Gasteiger partial charge in [-0.05, 0) is 12.5 Å². The Morgan fingerprint density at radius 2 is 2.10 bits per heavy atom. The first-order valence-corrected chi connectivity index (χ1v) is 7.30. The van der Waals surface area contributed by atoms with Crippen LogP contribution in [0.1, 0.15) is 13.3 Å². The molecule has 0 unspecified atom stereocenters. The van der Waals surface area contributed by atoms with Crippen LogP contribution in [0.15, 0.2) is 23.1 Å². The Morgan fingerprint density at radius 1 is 1.50 bits per heavy atom. The fraction of sp³-hybridized carbons (Fsp3) is 0.455. The number of benzene rings is 1. The molecule has 1 aromatic rings. The number of rotatable bonds is 4. The third-order valence-electron chi connectivity index (χ3n) is 3.34. The fourth-order valence-corrected chi connectivity index (χ4v) is 3.63. The number of nitro benzene ring substituents is 1. The van der Waals surface area contributed by atoms with E-state index >= 15 is 0 Å². The molecule has 0 saturated carbocycles. The number of nitrogens with zero attached hydrogens (tertiary/aromatic N) is 2. The van der Waals surface area contributed by atoms with E-state index in [2.05, 4.69) is 0 Å². The molecule has 0 radical (unpaired) electrons. The molecule has 0 atom stereocenters. The summed E-state index contributed by atoms with van der Waals surface area (Å²) in [4.78, 5) is 9.09. The van der Waals surface area contributed by atoms with E-state index in [4.69, 9.17) is 0 Å². The van der Waals surface area contributed by atoms with Gasteiger partial charge in [0.25, 0.3) is 5.69 Å². The van der Waals surface area contributed by atoms with Crippen molar-refractivity contribution in [3.63, 3.8) is 0 Å². The summed E-state index contributed by atoms with van der Waals surface area (Å²) in [7, 11) is -4.18. The summed E-state index contributed by atoms with van der Waals surface area (Å²) in [5.74, 6) is -1.05. The van der Waals surface area contributed by atoms with Crippen molar-refractivity contribution >= 4 is 15.7 Å². The molecule has 20 heavy (non-hydrogen) atoms. The van der Waals surface area contributed by atoms with Gasteiger partial charge in [0.1, 0.15) is 10.7 Å². The van der Waals surface area contributed by atoms with Crippen molar-refractivity contribution < 1.29 is 22.8 Å². The van der Waals surface area contributed by atoms with E-state index in [-0.39, 0.29) is 13.1 Å². The zero-order chi connectivity index (χ0) is 15.1. The molecule has 7 nitrogen and oxygen atoms in total. The molecule has 1 heterocycles. The first kappa shape index (κ1) is 14.8. The minimum absolute atomic E-state index is 0.145. The van der Waals surface area contributed by atoms with Gasteiger partial charge in [-0.2, -0.15) is 4.31 Å². The van der Waals surface area contributed by atoms with Gasteiger partial charge in [0, 0.05) is 25.2 Å². The lowest BCUT2D eigenvalue weighted by atomic mass is 9.94. The Labute approximate surface area is 114 Å². The van der Waals surface area contributed by atoms with Crippen molar-refractivity contribution in [1.82, 2.24) is 4.31 Å². The fourth-order valence-electron chi connectivity index (χ4n) is 1.95. The first-order chi connectivity index (χ1) is 9.19. The number of non-ortho nitro benzene ring substituents is 1. The van der Waals surface area contributed by atoms with E-state index in [1.54, 1.807) is 6.92 Å². The van der Waals surface area contributed by atoms with Crippen LogP contribution in [-0.2, 0) is 10.0 Å². The number of nitro groups is 1. The molecule has 1 aliphatic heterocycles. The molecule has 1 aliphatic rings. The van der Waals surface area contributed by atoms with Crippen molar-refractivity contribution in [2.45, 2.75) is 23.8 Å². The molecule has 2 rings (SSSR count). The van der Waals surface area contributed by atoms with Gasteiger partial charge in [-0.3, -0.25) is 10.1 Å². The van der Waals surface area contributed by atoms with E-state index < -0.39 is 36.9 Å². The normalized spacial score (nSPS) is 18.6. The smallest absolute Gasteiger partial charge is 0.270 e. The van der Waals surface area contributed by atoms with Gasteiger partial charge in [-0.15, -0.1) is 0 Å². The molecule has 9 heteroatoms. The van der Waals surface area contributed by atoms with Crippen LogP contribution in [0.3, 0.4) is 0 Å². The summed E-state index contributed by atoms with van der Waals surface area (Å²) < 4.78 is 38.9. The van der Waals surface area contributed by atoms with Gasteiger partial charge < -0.3 is 5.11 Å². The number of aliphatic hydroxyl groups is 1. The van der Waals surface area contributed by atoms with Crippen LogP contribution in [0.25, 0.3) is 0 Å². The van der Waals surface area contributed by atoms with E-state index in [1.165, 1.54) is 0 Å². The van der Waals surface area contributed by atoms with Crippen LogP contribution in [0.5, 0.6) is 0 Å². The highest BCUT2D eigenvalue weighted by Gasteiger charge is 2.46. The predicted molar refractivity (Wildman–Crippen MR) is 67.1 cm³/mol. The van der Waals surface area contributed by atoms with Crippen LogP contribution < -0.4 is 0 Å². The minimum atomic E-state index is -4.18. The lowest BCUT2D eigenvalue weighted by molar-refractivity contribution is -0.385. The number of hydrogen-bond donors (Lipinski definition) is 1. The SMILES string of the molecule is CCC1(O)CN(S(=O)(=O)c2cc([N+](=O)[O-])ccc2F)C1. The van der Waals surface area contributed by atoms with Gasteiger partial charge in [0.2, 0.25) is 10.0 Å². The quantitative estimate of drug-likeness (QED) is 0.657. The molecule has 1 fully saturated rings. The molecule has 0 bridgehead atoms. The summed E-state index contributed by atoms with van der Waals surface area (Å²) in [5, 5.41) is 20.4. The van der Waals surface area contributed by atoms with E-state index in [9.17, 15) is 28.0 Å². The number of β-amino-alcohol motifs (C(OH)–C–C–N with tert-alkyl or cyclic N) is 1. The summed E-state index contributed by atoms with van der Waals surface area (Å²) in [6, 6.07) is 2.33. The second-order valence-corrected chi connectivity index (χ2v) is 6.63. The maximum absolute atomic E-state index is 13.6. The highest BCUT2D eigenvalue weighted by molar-refractivity contribution is 7.89. The molecular formula is C11H13FN2O5S. The summed E-state index contributed by atoms with van der Waals surface area (Å²) in [5.41, 5.74) is -1.61. The van der Waals surface area contributed by atoms with Crippen molar-refractivity contribution in [2.75, 3.05) is 13.1 Å². The van der Waals surface area contributed by atoms with Crippen molar-refractivity contribution in [3.05, 3.63) is 34.1 Å². The summed E-state index contributed by atoms with van der Waals surface area (Å²) in [6.07, 6.45) is 0.371. The number of hydrogen-bond acceptors (Lipinski definition) is 5. The van der Waals surface area contributed by atoms with Crippen molar-refractivity contribution in [1.29, 1.82) is 0 Å². The van der Waals surface area contributed by atoms with E-state index in [0.717, 1.165) is 16.4 Å². The minimum Gasteiger partial charge on any atom is -0.387 e. The van der Waals surface area contributed by atoms with Crippen LogP contribution in [0.4, 0.5) is 10.1 Å². The highest BCUT2D eigenvalue weighted by atomic mass is 32.2. The molecule has 1 N–H and O–H groups in total. The zero-order valence-electron chi connectivity index (χ0n) is 10.6. The van der Waals surface area contributed by atoms with Crippen LogP contribution in [-0.4, -0.2) is 41.4 Å². The van der Waals surface area contributed by atoms with Crippen LogP contribution in [0, 0.1) is 15.9 Å². The molecule has 0 aliphatic carbocycles. The topological polar surface area (TPSA) is 101 Å². The van der Waals surface area contributed by atoms with Crippen molar-refractivity contribution in [3.8, 4) is 0 Å². The van der Waals surface area contributed by atoms with E-state index in [1.807, 2.05) is 0 Å². The highest BCUT2D eigenvalue weighted by Crippen LogP contribution is 2.32. The van der Waals surface area contributed by atoms with Crippen LogP contribution >= 0.6 is 0 Å². The molecule has 0 aromatic heterocycles. The Balaban J connectivity index is 2.36. The van der Waals surface area contributed by atoms with Gasteiger partial charge in [-0.25, -0.2) is 12.8 Å². The largest absolute Gasteiger partial charge is 0.387 e. The maximum atomic E-state index is 13.6. The Bertz CT molecular complexity index is 655. The lowest BCUT2D eigenvalue weighted by Gasteiger charge is -2.44. The Morgan fingerprint density at radius 3 is 2.60 bits per heavy atom. The van der Waals surface area contributed by atoms with Crippen molar-refractivity contribution in [2.24, 2.45) is 0 Å². The van der Waals surface area contributed by atoms with Gasteiger partial charge in [0.15, 0.2) is 0 Å². The molecular weight excluding hydrogens is 291 g/mol. The average Bonchev–Trinajstić information content (AvgIpc) is 2.34. The second kappa shape index (κ2) is 4.76. The van der Waals surface area contributed by atoms with Gasteiger partial charge in [0.05, 0.1) is 10.5 Å². The van der Waals surface area contributed by atoms with E-state index in [0.29, 0.717) is 12.5 Å². The zero-order valence-corrected chi connectivity index (χ0v) is 11.4. The molecule has 110 valence electrons. The summed E-state index contributed by atoms with van der Waals surface area (Å²) in [6.45, 7) is 1.42. The molecule has 1 aromatic carbocycles. The monoisotopic (exact) mass is 304 g/mol. The standard InChI is InChI=1S/C11H13FN2O5S/c1-2-11(15)6-13(7-11)20(18,19)10-5-8(14(16)17)3-4-9(10)12/h3-5,15H,2,6-7H2,1H3. The van der Waals surface area contributed by atoms with Gasteiger partial charge >= 0.3 is 0 Å². The number of halogens is 1. The Hall–Kier alpha value is -1.58. The first-order valence-electron chi connectivity index (χ1n) is 5.86. The molecule has 0 amide bonds. The second-order valence-electron chi connectivity index (χ2n) is 4.72. The predicted octanol–water partition coefficient (Wildman–Crippen LogP) is 0.879. The summed E-state index contributed by atoms with van der Waals surface area (Å²) >= 11 is 0. The van der Waals surface area contributed by atoms with Crippen LogP contribution in [0.2, 0.25) is 0 Å². The molecule has 1 saturated heterocycles. The lowest BCUT2D eigenvalue weighted by Crippen LogP contribution is -2.62. The average molecular weight is 304 g/mol. The maximum Gasteiger partial charge on any atom is 0.270 e. The Kier molecular flexibility index (Phi) is 3.53. The molecule has 0 spiro atoms.